The molecule has 1 aliphatic rings. The van der Waals surface area contributed by atoms with Crippen LogP contribution in [0.15, 0.2) is 24.3 Å². The fourth-order valence-electron chi connectivity index (χ4n) is 2.80. The smallest absolute Gasteiger partial charge is 0.319 e. The first-order chi connectivity index (χ1) is 11.9. The van der Waals surface area contributed by atoms with Gasteiger partial charge in [0.2, 0.25) is 0 Å². The summed E-state index contributed by atoms with van der Waals surface area (Å²) in [6, 6.07) is 7.55. The fraction of sp³-hybridized carbons (Fsp3) is 0.579. The number of anilines is 2. The number of esters is 1. The molecule has 0 aliphatic carbocycles. The standard InChI is InChI=1S/C19H29N3O3/c1-14(2)25-18(23)8-11-20-19(24)21-16-4-6-17(7-5-16)22-12-9-15(3)10-13-22/h4-7,14-15H,8-13H2,1-3H3,(H2,20,21,24). The molecule has 25 heavy (non-hydrogen) atoms. The van der Waals surface area contributed by atoms with Crippen LogP contribution in [0.25, 0.3) is 0 Å². The SMILES string of the molecule is CC1CCN(c2ccc(NC(=O)NCCC(=O)OC(C)C)cc2)CC1. The minimum Gasteiger partial charge on any atom is -0.463 e. The number of nitrogens with one attached hydrogen (secondary N) is 2. The first-order valence-corrected chi connectivity index (χ1v) is 9.03. The van der Waals surface area contributed by atoms with Crippen molar-refractivity contribution in [1.29, 1.82) is 0 Å². The molecule has 0 spiro atoms. The number of ether oxygens (including phenoxy) is 1. The van der Waals surface area contributed by atoms with Crippen molar-refractivity contribution in [3.63, 3.8) is 0 Å². The summed E-state index contributed by atoms with van der Waals surface area (Å²) >= 11 is 0. The van der Waals surface area contributed by atoms with Gasteiger partial charge in [-0.3, -0.25) is 4.79 Å². The van der Waals surface area contributed by atoms with Gasteiger partial charge in [0.1, 0.15) is 0 Å². The van der Waals surface area contributed by atoms with E-state index in [2.05, 4.69) is 22.5 Å². The minimum absolute atomic E-state index is 0.136. The molecule has 0 bridgehead atoms. The third-order valence-electron chi connectivity index (χ3n) is 4.26. The summed E-state index contributed by atoms with van der Waals surface area (Å²) in [6.45, 7) is 8.31. The van der Waals surface area contributed by atoms with Crippen LogP contribution in [0.2, 0.25) is 0 Å². The summed E-state index contributed by atoms with van der Waals surface area (Å²) in [5.74, 6) is 0.495. The lowest BCUT2D eigenvalue weighted by Crippen LogP contribution is -2.33. The van der Waals surface area contributed by atoms with E-state index in [1.54, 1.807) is 13.8 Å². The summed E-state index contributed by atoms with van der Waals surface area (Å²) in [5.41, 5.74) is 1.92. The molecule has 1 saturated heterocycles. The Bertz CT molecular complexity index is 564. The maximum Gasteiger partial charge on any atom is 0.319 e. The van der Waals surface area contributed by atoms with Crippen LogP contribution in [0.5, 0.6) is 0 Å². The second-order valence-corrected chi connectivity index (χ2v) is 6.89. The number of piperidine rings is 1. The zero-order valence-corrected chi connectivity index (χ0v) is 15.4. The fourth-order valence-corrected chi connectivity index (χ4v) is 2.80. The molecule has 1 aliphatic heterocycles. The Morgan fingerprint density at radius 2 is 1.84 bits per heavy atom. The Labute approximate surface area is 149 Å². The number of carbonyl (C=O) groups is 2. The molecule has 1 aromatic rings. The number of nitrogens with zero attached hydrogens (tertiary/aromatic N) is 1. The Hall–Kier alpha value is -2.24. The highest BCUT2D eigenvalue weighted by Crippen LogP contribution is 2.24. The molecule has 2 amide bonds. The maximum atomic E-state index is 11.9. The van der Waals surface area contributed by atoms with Crippen LogP contribution in [0.1, 0.15) is 40.0 Å². The van der Waals surface area contributed by atoms with Crippen LogP contribution >= 0.6 is 0 Å². The van der Waals surface area contributed by atoms with E-state index >= 15 is 0 Å². The average molecular weight is 347 g/mol. The van der Waals surface area contributed by atoms with Crippen LogP contribution in [-0.2, 0) is 9.53 Å². The topological polar surface area (TPSA) is 70.7 Å². The summed E-state index contributed by atoms with van der Waals surface area (Å²) in [7, 11) is 0. The van der Waals surface area contributed by atoms with Gasteiger partial charge in [0, 0.05) is 31.0 Å². The molecular weight excluding hydrogens is 318 g/mol. The first-order valence-electron chi connectivity index (χ1n) is 9.03. The number of benzene rings is 1. The van der Waals surface area contributed by atoms with Gasteiger partial charge in [0.25, 0.3) is 0 Å². The summed E-state index contributed by atoms with van der Waals surface area (Å²) in [4.78, 5) is 25.6. The van der Waals surface area contributed by atoms with E-state index in [0.717, 1.165) is 24.7 Å². The lowest BCUT2D eigenvalue weighted by Gasteiger charge is -2.32. The van der Waals surface area contributed by atoms with Crippen molar-refractivity contribution in [2.75, 3.05) is 29.9 Å². The molecule has 0 radical (unpaired) electrons. The molecule has 6 heteroatoms. The average Bonchev–Trinajstić information content (AvgIpc) is 2.55. The van der Waals surface area contributed by atoms with Crippen LogP contribution < -0.4 is 15.5 Å². The van der Waals surface area contributed by atoms with Crippen LogP contribution in [0.4, 0.5) is 16.2 Å². The highest BCUT2D eigenvalue weighted by Gasteiger charge is 2.16. The Balaban J connectivity index is 1.73. The van der Waals surface area contributed by atoms with E-state index in [4.69, 9.17) is 4.74 Å². The molecule has 0 saturated carbocycles. The largest absolute Gasteiger partial charge is 0.463 e. The van der Waals surface area contributed by atoms with Crippen molar-refractivity contribution in [2.24, 2.45) is 5.92 Å². The number of carbonyl (C=O) groups excluding carboxylic acids is 2. The van der Waals surface area contributed by atoms with Gasteiger partial charge in [0.15, 0.2) is 0 Å². The highest BCUT2D eigenvalue weighted by atomic mass is 16.5. The van der Waals surface area contributed by atoms with Gasteiger partial charge in [0.05, 0.1) is 12.5 Å². The lowest BCUT2D eigenvalue weighted by atomic mass is 9.99. The second kappa shape index (κ2) is 9.30. The molecule has 2 rings (SSSR count). The van der Waals surface area contributed by atoms with Crippen LogP contribution in [0.3, 0.4) is 0 Å². The van der Waals surface area contributed by atoms with Crippen molar-refractivity contribution >= 4 is 23.4 Å². The summed E-state index contributed by atoms with van der Waals surface area (Å²) in [5, 5.41) is 5.43. The highest BCUT2D eigenvalue weighted by molar-refractivity contribution is 5.89. The molecular formula is C19H29N3O3. The number of hydrogen-bond acceptors (Lipinski definition) is 4. The van der Waals surface area contributed by atoms with Crippen molar-refractivity contribution < 1.29 is 14.3 Å². The molecule has 1 aromatic carbocycles. The van der Waals surface area contributed by atoms with Crippen LogP contribution in [0, 0.1) is 5.92 Å². The zero-order valence-electron chi connectivity index (χ0n) is 15.4. The maximum absolute atomic E-state index is 11.9. The minimum atomic E-state index is -0.322. The predicted octanol–water partition coefficient (Wildman–Crippen LogP) is 3.39. The predicted molar refractivity (Wildman–Crippen MR) is 99.9 cm³/mol. The summed E-state index contributed by atoms with van der Waals surface area (Å²) < 4.78 is 5.01. The van der Waals surface area contributed by atoms with Crippen molar-refractivity contribution in [3.05, 3.63) is 24.3 Å². The van der Waals surface area contributed by atoms with E-state index in [9.17, 15) is 9.59 Å². The van der Waals surface area contributed by atoms with E-state index in [0.29, 0.717) is 0 Å². The van der Waals surface area contributed by atoms with E-state index in [-0.39, 0.29) is 31.1 Å². The third-order valence-corrected chi connectivity index (χ3v) is 4.26. The van der Waals surface area contributed by atoms with Gasteiger partial charge >= 0.3 is 12.0 Å². The van der Waals surface area contributed by atoms with Gasteiger partial charge < -0.3 is 20.3 Å². The van der Waals surface area contributed by atoms with Gasteiger partial charge in [-0.2, -0.15) is 0 Å². The molecule has 2 N–H and O–H groups in total. The van der Waals surface area contributed by atoms with Crippen molar-refractivity contribution in [3.8, 4) is 0 Å². The van der Waals surface area contributed by atoms with Crippen molar-refractivity contribution in [1.82, 2.24) is 5.32 Å². The molecule has 138 valence electrons. The normalized spacial score (nSPS) is 15.1. The van der Waals surface area contributed by atoms with E-state index < -0.39 is 0 Å². The Kier molecular flexibility index (Phi) is 7.10. The Morgan fingerprint density at radius 3 is 2.44 bits per heavy atom. The van der Waals surface area contributed by atoms with Gasteiger partial charge in [-0.25, -0.2) is 4.79 Å². The quantitative estimate of drug-likeness (QED) is 0.774. The number of hydrogen-bond donors (Lipinski definition) is 2. The monoisotopic (exact) mass is 347 g/mol. The molecule has 6 nitrogen and oxygen atoms in total. The molecule has 1 fully saturated rings. The number of amides is 2. The lowest BCUT2D eigenvalue weighted by molar-refractivity contribution is -0.147. The summed E-state index contributed by atoms with van der Waals surface area (Å²) in [6.07, 6.45) is 2.48. The first kappa shape index (κ1) is 19.1. The van der Waals surface area contributed by atoms with Gasteiger partial charge in [-0.05, 0) is 56.9 Å². The van der Waals surface area contributed by atoms with Gasteiger partial charge in [-0.15, -0.1) is 0 Å². The zero-order chi connectivity index (χ0) is 18.2. The molecule has 1 heterocycles. The van der Waals surface area contributed by atoms with Crippen LogP contribution in [-0.4, -0.2) is 37.7 Å². The van der Waals surface area contributed by atoms with E-state index in [1.165, 1.54) is 18.5 Å². The molecule has 0 unspecified atom stereocenters. The number of rotatable bonds is 6. The second-order valence-electron chi connectivity index (χ2n) is 6.89. The van der Waals surface area contributed by atoms with Gasteiger partial charge in [-0.1, -0.05) is 6.92 Å². The number of urea groups is 1. The Morgan fingerprint density at radius 1 is 1.20 bits per heavy atom. The van der Waals surface area contributed by atoms with E-state index in [1.807, 2.05) is 24.3 Å². The third kappa shape index (κ3) is 6.64. The van der Waals surface area contributed by atoms with Crippen molar-refractivity contribution in [2.45, 2.75) is 46.1 Å². The molecule has 0 atom stereocenters. The molecule has 0 aromatic heterocycles.